The minimum Gasteiger partial charge on any atom is -0.320 e. The molecule has 1 atom stereocenters. The summed E-state index contributed by atoms with van der Waals surface area (Å²) in [6.07, 6.45) is 0. The van der Waals surface area contributed by atoms with Crippen molar-refractivity contribution in [1.29, 1.82) is 0 Å². The van der Waals surface area contributed by atoms with Gasteiger partial charge in [-0.2, -0.15) is 0 Å². The van der Waals surface area contributed by atoms with Gasteiger partial charge in [0.15, 0.2) is 0 Å². The number of hydrogen-bond acceptors (Lipinski definition) is 2. The molecule has 3 rings (SSSR count). The summed E-state index contributed by atoms with van der Waals surface area (Å²) < 4.78 is 0. The minimum absolute atomic E-state index is 0.191. The predicted octanol–water partition coefficient (Wildman–Crippen LogP) is 2.21. The number of hydrogen-bond donors (Lipinski definition) is 3. The van der Waals surface area contributed by atoms with Crippen molar-refractivity contribution in [3.05, 3.63) is 69.6 Å². The van der Waals surface area contributed by atoms with Crippen molar-refractivity contribution in [3.63, 3.8) is 0 Å². The molecule has 0 bridgehead atoms. The molecule has 19 heavy (non-hydrogen) atoms. The van der Waals surface area contributed by atoms with Crippen LogP contribution in [0.15, 0.2) is 47.3 Å². The van der Waals surface area contributed by atoms with Gasteiger partial charge in [0.25, 0.3) is 0 Å². The maximum absolute atomic E-state index is 11.3. The van der Waals surface area contributed by atoms with E-state index in [2.05, 4.69) is 9.97 Å². The van der Waals surface area contributed by atoms with Gasteiger partial charge in [-0.1, -0.05) is 30.3 Å². The molecule has 0 amide bonds. The third-order valence-electron chi connectivity index (χ3n) is 3.42. The van der Waals surface area contributed by atoms with Crippen LogP contribution in [0.25, 0.3) is 11.0 Å². The molecule has 0 fully saturated rings. The van der Waals surface area contributed by atoms with Gasteiger partial charge >= 0.3 is 5.69 Å². The fourth-order valence-corrected chi connectivity index (χ4v) is 2.36. The first kappa shape index (κ1) is 11.7. The van der Waals surface area contributed by atoms with E-state index in [0.717, 1.165) is 27.7 Å². The largest absolute Gasteiger partial charge is 0.323 e. The van der Waals surface area contributed by atoms with Crippen LogP contribution < -0.4 is 11.4 Å². The highest BCUT2D eigenvalue weighted by Crippen LogP contribution is 2.24. The van der Waals surface area contributed by atoms with E-state index in [4.69, 9.17) is 5.73 Å². The number of aryl methyl sites for hydroxylation is 1. The van der Waals surface area contributed by atoms with E-state index in [1.54, 1.807) is 0 Å². The van der Waals surface area contributed by atoms with Gasteiger partial charge in [-0.3, -0.25) is 0 Å². The molecule has 0 saturated carbocycles. The molecule has 96 valence electrons. The molecule has 4 nitrogen and oxygen atoms in total. The predicted molar refractivity (Wildman–Crippen MR) is 76.1 cm³/mol. The molecule has 0 spiro atoms. The Bertz CT molecular complexity index is 785. The lowest BCUT2D eigenvalue weighted by molar-refractivity contribution is 0.863. The van der Waals surface area contributed by atoms with Crippen LogP contribution in [0.2, 0.25) is 0 Å². The number of benzene rings is 2. The maximum atomic E-state index is 11.3. The van der Waals surface area contributed by atoms with Crippen molar-refractivity contribution < 1.29 is 0 Å². The molecule has 0 aliphatic heterocycles. The number of nitrogens with two attached hydrogens (primary N) is 1. The zero-order valence-corrected chi connectivity index (χ0v) is 10.6. The van der Waals surface area contributed by atoms with E-state index in [-0.39, 0.29) is 11.7 Å². The standard InChI is InChI=1S/C15H15N3O/c1-9-4-2-3-5-11(9)14(16)10-6-7-12-13(8-10)18-15(19)17-12/h2-8,14H,16H2,1H3,(H2,17,18,19). The van der Waals surface area contributed by atoms with Gasteiger partial charge in [0.2, 0.25) is 0 Å². The minimum atomic E-state index is -0.198. The van der Waals surface area contributed by atoms with Crippen molar-refractivity contribution >= 4 is 11.0 Å². The second kappa shape index (κ2) is 4.40. The Kier molecular flexibility index (Phi) is 2.72. The number of nitrogens with one attached hydrogen (secondary N) is 2. The lowest BCUT2D eigenvalue weighted by Gasteiger charge is -2.15. The number of aromatic nitrogens is 2. The van der Waals surface area contributed by atoms with Crippen LogP contribution in [0, 0.1) is 6.92 Å². The highest BCUT2D eigenvalue weighted by atomic mass is 16.1. The first-order chi connectivity index (χ1) is 9.15. The smallest absolute Gasteiger partial charge is 0.320 e. The van der Waals surface area contributed by atoms with E-state index < -0.39 is 0 Å². The van der Waals surface area contributed by atoms with Crippen LogP contribution in [0.4, 0.5) is 0 Å². The number of H-pyrrole nitrogens is 2. The summed E-state index contributed by atoms with van der Waals surface area (Å²) in [6, 6.07) is 13.6. The molecule has 4 heteroatoms. The van der Waals surface area contributed by atoms with Gasteiger partial charge in [0.1, 0.15) is 0 Å². The number of rotatable bonds is 2. The third kappa shape index (κ3) is 2.06. The average Bonchev–Trinajstić information content (AvgIpc) is 2.77. The van der Waals surface area contributed by atoms with Gasteiger partial charge in [0.05, 0.1) is 17.1 Å². The topological polar surface area (TPSA) is 74.7 Å². The normalized spacial score (nSPS) is 12.7. The van der Waals surface area contributed by atoms with Crippen molar-refractivity contribution in [3.8, 4) is 0 Å². The Morgan fingerprint density at radius 2 is 1.79 bits per heavy atom. The summed E-state index contributed by atoms with van der Waals surface area (Å²) in [7, 11) is 0. The molecule has 4 N–H and O–H groups in total. The van der Waals surface area contributed by atoms with Crippen molar-refractivity contribution in [2.45, 2.75) is 13.0 Å². The molecule has 1 aromatic heterocycles. The van der Waals surface area contributed by atoms with Crippen LogP contribution in [0.5, 0.6) is 0 Å². The van der Waals surface area contributed by atoms with E-state index in [1.807, 2.05) is 49.4 Å². The fraction of sp³-hybridized carbons (Fsp3) is 0.133. The lowest BCUT2D eigenvalue weighted by Crippen LogP contribution is -2.13. The summed E-state index contributed by atoms with van der Waals surface area (Å²) in [5.74, 6) is 0. The SMILES string of the molecule is Cc1ccccc1C(N)c1ccc2[nH]c(=O)[nH]c2c1. The van der Waals surface area contributed by atoms with E-state index in [0.29, 0.717) is 0 Å². The van der Waals surface area contributed by atoms with Crippen LogP contribution in [0.1, 0.15) is 22.7 Å². The first-order valence-electron chi connectivity index (χ1n) is 6.18. The summed E-state index contributed by atoms with van der Waals surface area (Å²) in [6.45, 7) is 2.05. The summed E-state index contributed by atoms with van der Waals surface area (Å²) in [4.78, 5) is 16.7. The van der Waals surface area contributed by atoms with Gasteiger partial charge in [0, 0.05) is 0 Å². The van der Waals surface area contributed by atoms with E-state index >= 15 is 0 Å². The molecule has 0 saturated heterocycles. The zero-order valence-electron chi connectivity index (χ0n) is 10.6. The molecule has 2 aromatic carbocycles. The molecular weight excluding hydrogens is 238 g/mol. The molecule has 1 heterocycles. The van der Waals surface area contributed by atoms with Crippen LogP contribution in [0.3, 0.4) is 0 Å². The molecule has 0 radical (unpaired) electrons. The molecular formula is C15H15N3O. The number of fused-ring (bicyclic) bond motifs is 1. The Labute approximate surface area is 110 Å². The van der Waals surface area contributed by atoms with Crippen LogP contribution >= 0.6 is 0 Å². The molecule has 0 aliphatic rings. The quantitative estimate of drug-likeness (QED) is 0.655. The monoisotopic (exact) mass is 253 g/mol. The van der Waals surface area contributed by atoms with Crippen molar-refractivity contribution in [2.24, 2.45) is 5.73 Å². The van der Waals surface area contributed by atoms with E-state index in [9.17, 15) is 4.79 Å². The Morgan fingerprint density at radius 1 is 1.05 bits per heavy atom. The van der Waals surface area contributed by atoms with E-state index in [1.165, 1.54) is 0 Å². The van der Waals surface area contributed by atoms with Gasteiger partial charge in [-0.05, 0) is 35.7 Å². The average molecular weight is 253 g/mol. The number of imidazole rings is 1. The van der Waals surface area contributed by atoms with Gasteiger partial charge in [-0.25, -0.2) is 4.79 Å². The highest BCUT2D eigenvalue weighted by Gasteiger charge is 2.12. The Morgan fingerprint density at radius 3 is 2.58 bits per heavy atom. The Hall–Kier alpha value is -2.33. The van der Waals surface area contributed by atoms with Crippen molar-refractivity contribution in [1.82, 2.24) is 9.97 Å². The molecule has 0 aliphatic carbocycles. The second-order valence-corrected chi connectivity index (χ2v) is 4.72. The highest BCUT2D eigenvalue weighted by molar-refractivity contribution is 5.75. The summed E-state index contributed by atoms with van der Waals surface area (Å²) in [5.41, 5.74) is 10.9. The second-order valence-electron chi connectivity index (χ2n) is 4.72. The maximum Gasteiger partial charge on any atom is 0.323 e. The number of aromatic amines is 2. The van der Waals surface area contributed by atoms with Crippen LogP contribution in [-0.2, 0) is 0 Å². The van der Waals surface area contributed by atoms with Gasteiger partial charge < -0.3 is 15.7 Å². The molecule has 3 aromatic rings. The molecule has 1 unspecified atom stereocenters. The van der Waals surface area contributed by atoms with Gasteiger partial charge in [-0.15, -0.1) is 0 Å². The lowest BCUT2D eigenvalue weighted by atomic mass is 9.95. The zero-order chi connectivity index (χ0) is 13.4. The van der Waals surface area contributed by atoms with Crippen LogP contribution in [-0.4, -0.2) is 9.97 Å². The summed E-state index contributed by atoms with van der Waals surface area (Å²) >= 11 is 0. The first-order valence-corrected chi connectivity index (χ1v) is 6.18. The third-order valence-corrected chi connectivity index (χ3v) is 3.42. The summed E-state index contributed by atoms with van der Waals surface area (Å²) in [5, 5.41) is 0. The fourth-order valence-electron chi connectivity index (χ4n) is 2.36. The van der Waals surface area contributed by atoms with Crippen molar-refractivity contribution in [2.75, 3.05) is 0 Å². The Balaban J connectivity index is 2.08.